The number of rotatable bonds is 8. The highest BCUT2D eigenvalue weighted by Gasteiger charge is 2.70. The molecular weight excluding hydrogens is 520 g/mol. The van der Waals surface area contributed by atoms with Crippen LogP contribution in [0.1, 0.15) is 76.8 Å². The largest absolute Gasteiger partial charge is 0.504 e. The van der Waals surface area contributed by atoms with Gasteiger partial charge in [-0.25, -0.2) is 4.79 Å². The number of hydrogen-bond donors (Lipinski definition) is 3. The Hall–Kier alpha value is -3.10. The monoisotopic (exact) mass is 560 g/mol. The van der Waals surface area contributed by atoms with Gasteiger partial charge < -0.3 is 25.0 Å². The number of hydrogen-bond acceptors (Lipinski definition) is 6. The van der Waals surface area contributed by atoms with Gasteiger partial charge in [-0.2, -0.15) is 0 Å². The number of benzene rings is 2. The zero-order valence-electron chi connectivity index (χ0n) is 23.7. The Kier molecular flexibility index (Phi) is 6.54. The molecule has 3 N–H and O–H groups in total. The number of carbonyl (C=O) groups excluding carboxylic acids is 1. The Labute approximate surface area is 241 Å². The summed E-state index contributed by atoms with van der Waals surface area (Å²) >= 11 is 0. The van der Waals surface area contributed by atoms with Gasteiger partial charge in [0.05, 0.1) is 17.7 Å². The fraction of sp³-hybridized carbons (Fsp3) is 0.576. The SMILES string of the molecule is COC[C@@H]1Oc2c(O)ccc3c2[C@@]12CCN(CC1CC1)[C@H](C3)[C@]21CCC[C@@H](CNC(=O)c2ccccc2C(=O)O)C1. The molecule has 0 aromatic heterocycles. The lowest BCUT2D eigenvalue weighted by Gasteiger charge is -2.66. The third kappa shape index (κ3) is 4.08. The Balaban J connectivity index is 1.24. The van der Waals surface area contributed by atoms with Crippen LogP contribution in [0.3, 0.4) is 0 Å². The maximum absolute atomic E-state index is 13.2. The van der Waals surface area contributed by atoms with Crippen molar-refractivity contribution >= 4 is 11.9 Å². The van der Waals surface area contributed by atoms with E-state index in [1.165, 1.54) is 30.0 Å². The van der Waals surface area contributed by atoms with E-state index in [0.717, 1.165) is 57.5 Å². The number of likely N-dealkylation sites (tertiary alicyclic amines) is 1. The van der Waals surface area contributed by atoms with Gasteiger partial charge in [0.1, 0.15) is 6.10 Å². The molecule has 8 heteroatoms. The second-order valence-electron chi connectivity index (χ2n) is 13.1. The van der Waals surface area contributed by atoms with Crippen LogP contribution in [-0.2, 0) is 16.6 Å². The minimum absolute atomic E-state index is 0.0241. The summed E-state index contributed by atoms with van der Waals surface area (Å²) < 4.78 is 12.4. The number of nitrogens with zero attached hydrogens (tertiary/aromatic N) is 1. The van der Waals surface area contributed by atoms with E-state index < -0.39 is 5.97 Å². The number of aromatic carboxylic acids is 1. The molecule has 8 nitrogen and oxygen atoms in total. The number of carboxylic acids is 1. The number of phenolic OH excluding ortho intramolecular Hbond substituents is 1. The zero-order valence-corrected chi connectivity index (χ0v) is 23.7. The summed E-state index contributed by atoms with van der Waals surface area (Å²) in [6, 6.07) is 10.7. The molecule has 2 aliphatic heterocycles. The third-order valence-corrected chi connectivity index (χ3v) is 11.0. The summed E-state index contributed by atoms with van der Waals surface area (Å²) in [7, 11) is 1.73. The molecule has 2 heterocycles. The van der Waals surface area contributed by atoms with Gasteiger partial charge in [0.15, 0.2) is 11.5 Å². The molecule has 3 aliphatic carbocycles. The Morgan fingerprint density at radius 3 is 2.66 bits per heavy atom. The minimum Gasteiger partial charge on any atom is -0.504 e. The molecule has 218 valence electrons. The Bertz CT molecular complexity index is 1370. The molecule has 1 saturated heterocycles. The summed E-state index contributed by atoms with van der Waals surface area (Å²) in [6.45, 7) is 3.15. The first kappa shape index (κ1) is 26.8. The normalized spacial score (nSPS) is 31.9. The number of nitrogens with one attached hydrogen (secondary N) is 1. The van der Waals surface area contributed by atoms with Crippen LogP contribution in [0.25, 0.3) is 0 Å². The lowest BCUT2D eigenvalue weighted by molar-refractivity contribution is -0.137. The fourth-order valence-corrected chi connectivity index (χ4v) is 9.24. The van der Waals surface area contributed by atoms with Crippen LogP contribution in [0.15, 0.2) is 36.4 Å². The minimum atomic E-state index is -1.10. The van der Waals surface area contributed by atoms with Crippen molar-refractivity contribution in [2.24, 2.45) is 17.3 Å². The average molecular weight is 561 g/mol. The van der Waals surface area contributed by atoms with E-state index in [0.29, 0.717) is 24.9 Å². The number of ether oxygens (including phenoxy) is 2. The molecule has 2 saturated carbocycles. The highest BCUT2D eigenvalue weighted by atomic mass is 16.5. The van der Waals surface area contributed by atoms with Gasteiger partial charge in [-0.1, -0.05) is 24.6 Å². The number of phenols is 1. The molecule has 5 aliphatic rings. The van der Waals surface area contributed by atoms with Gasteiger partial charge in [0.2, 0.25) is 0 Å². The van der Waals surface area contributed by atoms with Gasteiger partial charge in [-0.15, -0.1) is 0 Å². The van der Waals surface area contributed by atoms with E-state index in [1.54, 1.807) is 31.4 Å². The van der Waals surface area contributed by atoms with Crippen LogP contribution in [0.4, 0.5) is 0 Å². The first-order valence-corrected chi connectivity index (χ1v) is 15.2. The molecule has 0 unspecified atom stereocenters. The summed E-state index contributed by atoms with van der Waals surface area (Å²) in [5.74, 6) is 0.488. The zero-order chi connectivity index (χ0) is 28.4. The molecule has 7 rings (SSSR count). The molecule has 0 radical (unpaired) electrons. The molecule has 3 fully saturated rings. The van der Waals surface area contributed by atoms with Crippen molar-refractivity contribution in [3.8, 4) is 11.5 Å². The second kappa shape index (κ2) is 10.0. The van der Waals surface area contributed by atoms with Gasteiger partial charge in [0, 0.05) is 42.6 Å². The standard InChI is InChI=1S/C33H40N2O6/c1-40-19-27-33-13-14-35(18-20-8-9-20)26(15-22-10-11-25(36)29(41-27)28(22)33)32(33)12-4-5-21(16-32)17-34-30(37)23-6-2-3-7-24(23)31(38)39/h2-3,6-7,10-11,20-21,26-27,36H,4-5,8-9,12-19H2,1H3,(H,34,37)(H,38,39)/t21-,26-,27+,32-,33-/m1/s1. The number of methoxy groups -OCH3 is 1. The van der Waals surface area contributed by atoms with Crippen molar-refractivity contribution < 1.29 is 29.3 Å². The molecular formula is C33H40N2O6. The van der Waals surface area contributed by atoms with Crippen LogP contribution in [0.2, 0.25) is 0 Å². The van der Waals surface area contributed by atoms with Crippen molar-refractivity contribution in [3.05, 3.63) is 58.7 Å². The number of carbonyl (C=O) groups is 2. The van der Waals surface area contributed by atoms with E-state index in [-0.39, 0.29) is 45.6 Å². The van der Waals surface area contributed by atoms with Crippen molar-refractivity contribution in [2.75, 3.05) is 33.4 Å². The van der Waals surface area contributed by atoms with E-state index in [9.17, 15) is 19.8 Å². The summed E-state index contributed by atoms with van der Waals surface area (Å²) in [5.41, 5.74) is 2.41. The molecule has 2 bridgehead atoms. The van der Waals surface area contributed by atoms with Gasteiger partial charge in [0.25, 0.3) is 5.91 Å². The van der Waals surface area contributed by atoms with Crippen LogP contribution >= 0.6 is 0 Å². The molecule has 5 atom stereocenters. The molecule has 1 amide bonds. The lowest BCUT2D eigenvalue weighted by Crippen LogP contribution is -2.71. The molecule has 2 aromatic carbocycles. The van der Waals surface area contributed by atoms with Crippen LogP contribution in [0, 0.1) is 17.3 Å². The number of carboxylic acid groups (broad SMARTS) is 1. The predicted molar refractivity (Wildman–Crippen MR) is 153 cm³/mol. The topological polar surface area (TPSA) is 108 Å². The van der Waals surface area contributed by atoms with Crippen molar-refractivity contribution in [1.82, 2.24) is 10.2 Å². The number of aromatic hydroxyl groups is 1. The van der Waals surface area contributed by atoms with Gasteiger partial charge in [-0.3, -0.25) is 9.69 Å². The maximum Gasteiger partial charge on any atom is 0.336 e. The third-order valence-electron chi connectivity index (χ3n) is 11.0. The first-order chi connectivity index (χ1) is 19.9. The lowest BCUT2D eigenvalue weighted by atomic mass is 9.42. The predicted octanol–water partition coefficient (Wildman–Crippen LogP) is 4.38. The van der Waals surface area contributed by atoms with Crippen LogP contribution in [0.5, 0.6) is 11.5 Å². The highest BCUT2D eigenvalue weighted by Crippen LogP contribution is 2.69. The summed E-state index contributed by atoms with van der Waals surface area (Å²) in [4.78, 5) is 27.7. The van der Waals surface area contributed by atoms with Crippen LogP contribution < -0.4 is 10.1 Å². The van der Waals surface area contributed by atoms with Gasteiger partial charge in [-0.05, 0) is 87.1 Å². The van der Waals surface area contributed by atoms with Crippen molar-refractivity contribution in [2.45, 2.75) is 68.9 Å². The fourth-order valence-electron chi connectivity index (χ4n) is 9.24. The smallest absolute Gasteiger partial charge is 0.336 e. The van der Waals surface area contributed by atoms with E-state index in [1.807, 2.05) is 0 Å². The van der Waals surface area contributed by atoms with E-state index >= 15 is 0 Å². The Morgan fingerprint density at radius 2 is 1.90 bits per heavy atom. The van der Waals surface area contributed by atoms with E-state index in [2.05, 4.69) is 16.3 Å². The van der Waals surface area contributed by atoms with Crippen molar-refractivity contribution in [1.29, 1.82) is 0 Å². The Morgan fingerprint density at radius 1 is 1.10 bits per heavy atom. The van der Waals surface area contributed by atoms with E-state index in [4.69, 9.17) is 9.47 Å². The second-order valence-corrected chi connectivity index (χ2v) is 13.1. The molecule has 41 heavy (non-hydrogen) atoms. The summed E-state index contributed by atoms with van der Waals surface area (Å²) in [6.07, 6.45) is 8.51. The quantitative estimate of drug-likeness (QED) is 0.440. The molecule has 2 aromatic rings. The average Bonchev–Trinajstić information content (AvgIpc) is 3.73. The maximum atomic E-state index is 13.2. The summed E-state index contributed by atoms with van der Waals surface area (Å²) in [5, 5.41) is 23.6. The van der Waals surface area contributed by atoms with Crippen LogP contribution in [-0.4, -0.2) is 72.5 Å². The highest BCUT2D eigenvalue weighted by molar-refractivity contribution is 6.04. The molecule has 2 spiro atoms. The number of piperidine rings is 1. The van der Waals surface area contributed by atoms with Gasteiger partial charge >= 0.3 is 5.97 Å². The first-order valence-electron chi connectivity index (χ1n) is 15.2. The van der Waals surface area contributed by atoms with Crippen molar-refractivity contribution in [3.63, 3.8) is 0 Å². The number of amides is 1.